The highest BCUT2D eigenvalue weighted by molar-refractivity contribution is 5.82. The highest BCUT2D eigenvalue weighted by Crippen LogP contribution is 2.35. The predicted octanol–water partition coefficient (Wildman–Crippen LogP) is 0.847. The monoisotopic (exact) mass is 211 g/mol. The molecule has 2 rings (SSSR count). The number of nitrogens with two attached hydrogens (primary N) is 1. The molecule has 0 saturated heterocycles. The van der Waals surface area contributed by atoms with E-state index in [1.165, 1.54) is 12.1 Å². The number of carboxylic acid groups (broad SMARTS) is 1. The van der Waals surface area contributed by atoms with Gasteiger partial charge in [0.15, 0.2) is 0 Å². The SMILES string of the molecule is N[C@]1(C(=O)O)CCOc2ccc(F)cc21. The Hall–Kier alpha value is -1.62. The summed E-state index contributed by atoms with van der Waals surface area (Å²) in [6.45, 7) is 0.224. The highest BCUT2D eigenvalue weighted by Gasteiger charge is 2.41. The van der Waals surface area contributed by atoms with Gasteiger partial charge in [-0.15, -0.1) is 0 Å². The fraction of sp³-hybridized carbons (Fsp3) is 0.300. The highest BCUT2D eigenvalue weighted by atomic mass is 19.1. The molecule has 1 aliphatic rings. The Morgan fingerprint density at radius 2 is 2.33 bits per heavy atom. The van der Waals surface area contributed by atoms with Crippen molar-refractivity contribution in [2.45, 2.75) is 12.0 Å². The van der Waals surface area contributed by atoms with Gasteiger partial charge >= 0.3 is 5.97 Å². The van der Waals surface area contributed by atoms with Crippen molar-refractivity contribution < 1.29 is 19.0 Å². The smallest absolute Gasteiger partial charge is 0.328 e. The van der Waals surface area contributed by atoms with Gasteiger partial charge in [0.2, 0.25) is 0 Å². The van der Waals surface area contributed by atoms with E-state index in [9.17, 15) is 9.18 Å². The maximum Gasteiger partial charge on any atom is 0.328 e. The molecule has 1 aromatic rings. The molecule has 0 aromatic heterocycles. The molecule has 1 atom stereocenters. The lowest BCUT2D eigenvalue weighted by Gasteiger charge is -2.31. The molecule has 0 saturated carbocycles. The van der Waals surface area contributed by atoms with Crippen molar-refractivity contribution in [1.29, 1.82) is 0 Å². The quantitative estimate of drug-likeness (QED) is 0.722. The molecule has 0 bridgehead atoms. The van der Waals surface area contributed by atoms with Crippen LogP contribution in [0.5, 0.6) is 5.75 Å². The molecular formula is C10H10FNO3. The summed E-state index contributed by atoms with van der Waals surface area (Å²) in [7, 11) is 0. The van der Waals surface area contributed by atoms with Crippen LogP contribution in [0.25, 0.3) is 0 Å². The van der Waals surface area contributed by atoms with Crippen LogP contribution in [0, 0.1) is 5.82 Å². The average Bonchev–Trinajstić information content (AvgIpc) is 2.19. The van der Waals surface area contributed by atoms with Crippen molar-refractivity contribution in [2.24, 2.45) is 5.73 Å². The third kappa shape index (κ3) is 1.45. The fourth-order valence-corrected chi connectivity index (χ4v) is 1.66. The number of ether oxygens (including phenoxy) is 1. The molecular weight excluding hydrogens is 201 g/mol. The third-order valence-corrected chi connectivity index (χ3v) is 2.56. The zero-order valence-corrected chi connectivity index (χ0v) is 7.87. The summed E-state index contributed by atoms with van der Waals surface area (Å²) >= 11 is 0. The maximum atomic E-state index is 13.0. The summed E-state index contributed by atoms with van der Waals surface area (Å²) in [5.74, 6) is -1.35. The topological polar surface area (TPSA) is 72.6 Å². The molecule has 5 heteroatoms. The minimum Gasteiger partial charge on any atom is -0.493 e. The number of benzene rings is 1. The minimum atomic E-state index is -1.55. The van der Waals surface area contributed by atoms with Crippen LogP contribution < -0.4 is 10.5 Å². The molecule has 3 N–H and O–H groups in total. The van der Waals surface area contributed by atoms with Gasteiger partial charge in [-0.2, -0.15) is 0 Å². The van der Waals surface area contributed by atoms with E-state index < -0.39 is 17.3 Å². The van der Waals surface area contributed by atoms with Crippen LogP contribution in [0.4, 0.5) is 4.39 Å². The Balaban J connectivity index is 2.59. The van der Waals surface area contributed by atoms with E-state index in [1.807, 2.05) is 0 Å². The van der Waals surface area contributed by atoms with Crippen molar-refractivity contribution in [3.8, 4) is 5.75 Å². The van der Waals surface area contributed by atoms with E-state index in [4.69, 9.17) is 15.6 Å². The summed E-state index contributed by atoms with van der Waals surface area (Å²) < 4.78 is 18.2. The molecule has 0 amide bonds. The number of rotatable bonds is 1. The summed E-state index contributed by atoms with van der Waals surface area (Å²) in [6, 6.07) is 3.73. The summed E-state index contributed by atoms with van der Waals surface area (Å²) in [6.07, 6.45) is 0.138. The minimum absolute atomic E-state index is 0.138. The molecule has 80 valence electrons. The van der Waals surface area contributed by atoms with E-state index in [0.29, 0.717) is 5.75 Å². The summed E-state index contributed by atoms with van der Waals surface area (Å²) in [5, 5.41) is 9.03. The van der Waals surface area contributed by atoms with Gasteiger partial charge in [0.05, 0.1) is 6.61 Å². The van der Waals surface area contributed by atoms with Crippen molar-refractivity contribution in [1.82, 2.24) is 0 Å². The first-order valence-corrected chi connectivity index (χ1v) is 4.49. The van der Waals surface area contributed by atoms with Crippen LogP contribution in [0.1, 0.15) is 12.0 Å². The zero-order chi connectivity index (χ0) is 11.1. The van der Waals surface area contributed by atoms with Gasteiger partial charge < -0.3 is 15.6 Å². The molecule has 0 aliphatic carbocycles. The number of hydrogen-bond donors (Lipinski definition) is 2. The van der Waals surface area contributed by atoms with Gasteiger partial charge in [-0.3, -0.25) is 0 Å². The molecule has 0 spiro atoms. The van der Waals surface area contributed by atoms with Gasteiger partial charge in [-0.1, -0.05) is 0 Å². The van der Waals surface area contributed by atoms with Crippen LogP contribution in [0.3, 0.4) is 0 Å². The lowest BCUT2D eigenvalue weighted by molar-refractivity contribution is -0.144. The molecule has 0 radical (unpaired) electrons. The molecule has 0 unspecified atom stereocenters. The van der Waals surface area contributed by atoms with Gasteiger partial charge in [-0.25, -0.2) is 9.18 Å². The number of halogens is 1. The second-order valence-corrected chi connectivity index (χ2v) is 3.52. The first-order chi connectivity index (χ1) is 7.04. The molecule has 15 heavy (non-hydrogen) atoms. The Labute approximate surface area is 85.5 Å². The molecule has 1 heterocycles. The molecule has 1 aromatic carbocycles. The Morgan fingerprint density at radius 1 is 1.60 bits per heavy atom. The van der Waals surface area contributed by atoms with Gasteiger partial charge in [0.25, 0.3) is 0 Å². The summed E-state index contributed by atoms with van der Waals surface area (Å²) in [5.41, 5.74) is 4.39. The largest absolute Gasteiger partial charge is 0.493 e. The van der Waals surface area contributed by atoms with Crippen LogP contribution in [0.15, 0.2) is 18.2 Å². The van der Waals surface area contributed by atoms with Crippen molar-refractivity contribution in [2.75, 3.05) is 6.61 Å². The van der Waals surface area contributed by atoms with Gasteiger partial charge in [-0.05, 0) is 18.2 Å². The number of carbonyl (C=O) groups is 1. The number of fused-ring (bicyclic) bond motifs is 1. The molecule has 1 aliphatic heterocycles. The number of aliphatic carboxylic acids is 1. The Morgan fingerprint density at radius 3 is 3.00 bits per heavy atom. The first kappa shape index (κ1) is 9.92. The van der Waals surface area contributed by atoms with Gasteiger partial charge in [0.1, 0.15) is 17.1 Å². The lowest BCUT2D eigenvalue weighted by atomic mass is 9.85. The maximum absolute atomic E-state index is 13.0. The predicted molar refractivity (Wildman–Crippen MR) is 50.0 cm³/mol. The average molecular weight is 211 g/mol. The fourth-order valence-electron chi connectivity index (χ4n) is 1.66. The van der Waals surface area contributed by atoms with Gasteiger partial charge in [0, 0.05) is 12.0 Å². The Kier molecular flexibility index (Phi) is 2.12. The first-order valence-electron chi connectivity index (χ1n) is 4.49. The third-order valence-electron chi connectivity index (χ3n) is 2.56. The van der Waals surface area contributed by atoms with Crippen LogP contribution in [0.2, 0.25) is 0 Å². The number of hydrogen-bond acceptors (Lipinski definition) is 3. The van der Waals surface area contributed by atoms with E-state index in [0.717, 1.165) is 6.07 Å². The van der Waals surface area contributed by atoms with Crippen molar-refractivity contribution in [3.05, 3.63) is 29.6 Å². The van der Waals surface area contributed by atoms with Crippen LogP contribution in [-0.2, 0) is 10.3 Å². The van der Waals surface area contributed by atoms with E-state index in [2.05, 4.69) is 0 Å². The van der Waals surface area contributed by atoms with Crippen molar-refractivity contribution in [3.63, 3.8) is 0 Å². The Bertz CT molecular complexity index is 421. The van der Waals surface area contributed by atoms with E-state index in [1.54, 1.807) is 0 Å². The van der Waals surface area contributed by atoms with Crippen LogP contribution in [-0.4, -0.2) is 17.7 Å². The molecule has 0 fully saturated rings. The zero-order valence-electron chi connectivity index (χ0n) is 7.87. The normalized spacial score (nSPS) is 24.1. The van der Waals surface area contributed by atoms with Crippen LogP contribution >= 0.6 is 0 Å². The second kappa shape index (κ2) is 3.20. The van der Waals surface area contributed by atoms with E-state index in [-0.39, 0.29) is 18.6 Å². The van der Waals surface area contributed by atoms with Crippen molar-refractivity contribution >= 4 is 5.97 Å². The standard InChI is InChI=1S/C10H10FNO3/c11-6-1-2-8-7(5-6)10(12,9(13)14)3-4-15-8/h1-2,5H,3-4,12H2,(H,13,14)/t10-/m1/s1. The number of carboxylic acids is 1. The molecule has 4 nitrogen and oxygen atoms in total. The second-order valence-electron chi connectivity index (χ2n) is 3.52. The lowest BCUT2D eigenvalue weighted by Crippen LogP contribution is -2.48. The summed E-state index contributed by atoms with van der Waals surface area (Å²) in [4.78, 5) is 11.0. The van der Waals surface area contributed by atoms with E-state index >= 15 is 0 Å².